The highest BCUT2D eigenvalue weighted by molar-refractivity contribution is 5.60. The molecule has 1 aromatic carbocycles. The van der Waals surface area contributed by atoms with Crippen molar-refractivity contribution in [3.05, 3.63) is 35.7 Å². The monoisotopic (exact) mass is 228 g/mol. The Hall–Kier alpha value is -1.68. The summed E-state index contributed by atoms with van der Waals surface area (Å²) in [5, 5.41) is 8.59. The molecule has 0 saturated heterocycles. The van der Waals surface area contributed by atoms with E-state index in [4.69, 9.17) is 5.73 Å². The van der Waals surface area contributed by atoms with E-state index in [0.717, 1.165) is 36.6 Å². The second kappa shape index (κ2) is 3.96. The highest BCUT2D eigenvalue weighted by Gasteiger charge is 2.21. The van der Waals surface area contributed by atoms with Gasteiger partial charge in [0.05, 0.1) is 0 Å². The highest BCUT2D eigenvalue weighted by Crippen LogP contribution is 2.24. The second-order valence-electron chi connectivity index (χ2n) is 4.66. The van der Waals surface area contributed by atoms with E-state index in [0.29, 0.717) is 0 Å². The van der Waals surface area contributed by atoms with E-state index in [9.17, 15) is 0 Å². The summed E-state index contributed by atoms with van der Waals surface area (Å²) in [6, 6.07) is 8.48. The van der Waals surface area contributed by atoms with Gasteiger partial charge in [0.2, 0.25) is 0 Å². The molecule has 1 aliphatic heterocycles. The molecule has 0 saturated carbocycles. The normalized spacial score (nSPS) is 19.1. The molecule has 1 unspecified atom stereocenters. The Balaban J connectivity index is 2.11. The fraction of sp³-hybridized carbons (Fsp3) is 0.385. The van der Waals surface area contributed by atoms with Crippen molar-refractivity contribution in [3.63, 3.8) is 0 Å². The average molecular weight is 228 g/mol. The highest BCUT2D eigenvalue weighted by atomic mass is 15.3. The van der Waals surface area contributed by atoms with E-state index in [-0.39, 0.29) is 6.04 Å². The van der Waals surface area contributed by atoms with Gasteiger partial charge in [-0.05, 0) is 18.9 Å². The molecular weight excluding hydrogens is 212 g/mol. The minimum atomic E-state index is 0.223. The zero-order chi connectivity index (χ0) is 11.8. The van der Waals surface area contributed by atoms with Gasteiger partial charge in [-0.15, -0.1) is 10.2 Å². The Labute approximate surface area is 100 Å². The minimum absolute atomic E-state index is 0.223. The van der Waals surface area contributed by atoms with Crippen LogP contribution in [-0.2, 0) is 13.0 Å². The molecular formula is C13H16N4. The van der Waals surface area contributed by atoms with Crippen LogP contribution < -0.4 is 5.73 Å². The Morgan fingerprint density at radius 1 is 1.29 bits per heavy atom. The minimum Gasteiger partial charge on any atom is -0.326 e. The first-order chi connectivity index (χ1) is 8.25. The van der Waals surface area contributed by atoms with Gasteiger partial charge < -0.3 is 10.3 Å². The van der Waals surface area contributed by atoms with Gasteiger partial charge in [0.25, 0.3) is 0 Å². The van der Waals surface area contributed by atoms with Crippen LogP contribution in [-0.4, -0.2) is 20.8 Å². The number of fused-ring (bicyclic) bond motifs is 1. The lowest BCUT2D eigenvalue weighted by molar-refractivity contribution is 0.456. The van der Waals surface area contributed by atoms with Gasteiger partial charge in [-0.25, -0.2) is 0 Å². The summed E-state index contributed by atoms with van der Waals surface area (Å²) >= 11 is 0. The Morgan fingerprint density at radius 2 is 2.12 bits per heavy atom. The predicted molar refractivity (Wildman–Crippen MR) is 66.5 cm³/mol. The first-order valence-electron chi connectivity index (χ1n) is 5.99. The molecule has 3 rings (SSSR count). The van der Waals surface area contributed by atoms with Crippen LogP contribution in [0.15, 0.2) is 24.3 Å². The number of aromatic nitrogens is 3. The molecule has 88 valence electrons. The van der Waals surface area contributed by atoms with Crippen LogP contribution >= 0.6 is 0 Å². The molecule has 2 heterocycles. The molecule has 4 heteroatoms. The first kappa shape index (κ1) is 10.5. The molecule has 0 radical (unpaired) electrons. The number of rotatable bonds is 1. The van der Waals surface area contributed by atoms with Crippen molar-refractivity contribution in [2.75, 3.05) is 0 Å². The molecule has 0 amide bonds. The van der Waals surface area contributed by atoms with E-state index in [1.807, 2.05) is 12.1 Å². The number of nitrogens with two attached hydrogens (primary N) is 1. The van der Waals surface area contributed by atoms with Gasteiger partial charge in [-0.3, -0.25) is 0 Å². The van der Waals surface area contributed by atoms with Crippen molar-refractivity contribution in [2.45, 2.75) is 32.4 Å². The van der Waals surface area contributed by atoms with Gasteiger partial charge in [0, 0.05) is 24.6 Å². The molecule has 1 atom stereocenters. The van der Waals surface area contributed by atoms with Crippen molar-refractivity contribution in [1.82, 2.24) is 14.8 Å². The maximum absolute atomic E-state index is 6.02. The maximum atomic E-state index is 6.02. The van der Waals surface area contributed by atoms with E-state index in [1.54, 1.807) is 0 Å². The van der Waals surface area contributed by atoms with Gasteiger partial charge >= 0.3 is 0 Å². The average Bonchev–Trinajstić information content (AvgIpc) is 2.72. The third kappa shape index (κ3) is 1.74. The molecule has 0 spiro atoms. The smallest absolute Gasteiger partial charge is 0.164 e. The van der Waals surface area contributed by atoms with Crippen molar-refractivity contribution in [1.29, 1.82) is 0 Å². The number of aryl methyl sites for hydroxylation is 2. The van der Waals surface area contributed by atoms with Crippen LogP contribution in [0.5, 0.6) is 0 Å². The third-order valence-electron chi connectivity index (χ3n) is 3.37. The largest absolute Gasteiger partial charge is 0.326 e. The molecule has 0 fully saturated rings. The SMILES string of the molecule is Cc1ccccc1-c1nnc2n1CC(N)CC2. The van der Waals surface area contributed by atoms with Crippen LogP contribution in [0.4, 0.5) is 0 Å². The number of hydrogen-bond acceptors (Lipinski definition) is 3. The maximum Gasteiger partial charge on any atom is 0.164 e. The lowest BCUT2D eigenvalue weighted by Gasteiger charge is -2.21. The zero-order valence-electron chi connectivity index (χ0n) is 9.93. The summed E-state index contributed by atoms with van der Waals surface area (Å²) in [7, 11) is 0. The summed E-state index contributed by atoms with van der Waals surface area (Å²) in [5.74, 6) is 2.01. The van der Waals surface area contributed by atoms with Crippen LogP contribution in [0.1, 0.15) is 17.8 Å². The van der Waals surface area contributed by atoms with Crippen LogP contribution in [0, 0.1) is 6.92 Å². The molecule has 17 heavy (non-hydrogen) atoms. The number of nitrogens with zero attached hydrogens (tertiary/aromatic N) is 3. The van der Waals surface area contributed by atoms with Gasteiger partial charge in [-0.1, -0.05) is 24.3 Å². The van der Waals surface area contributed by atoms with Crippen molar-refractivity contribution in [2.24, 2.45) is 5.73 Å². The summed E-state index contributed by atoms with van der Waals surface area (Å²) in [6.45, 7) is 2.92. The van der Waals surface area contributed by atoms with E-state index < -0.39 is 0 Å². The zero-order valence-corrected chi connectivity index (χ0v) is 9.93. The predicted octanol–water partition coefficient (Wildman–Crippen LogP) is 1.53. The van der Waals surface area contributed by atoms with Crippen LogP contribution in [0.3, 0.4) is 0 Å². The third-order valence-corrected chi connectivity index (χ3v) is 3.37. The fourth-order valence-electron chi connectivity index (χ4n) is 2.38. The lowest BCUT2D eigenvalue weighted by Crippen LogP contribution is -2.32. The quantitative estimate of drug-likeness (QED) is 0.805. The van der Waals surface area contributed by atoms with E-state index >= 15 is 0 Å². The van der Waals surface area contributed by atoms with Crippen molar-refractivity contribution < 1.29 is 0 Å². The van der Waals surface area contributed by atoms with Gasteiger partial charge in [0.15, 0.2) is 5.82 Å². The van der Waals surface area contributed by atoms with Crippen molar-refractivity contribution >= 4 is 0 Å². The Kier molecular flexibility index (Phi) is 2.44. The number of hydrogen-bond donors (Lipinski definition) is 1. The summed E-state index contributed by atoms with van der Waals surface area (Å²) in [5.41, 5.74) is 8.39. The second-order valence-corrected chi connectivity index (χ2v) is 4.66. The van der Waals surface area contributed by atoms with Gasteiger partial charge in [-0.2, -0.15) is 0 Å². The fourth-order valence-corrected chi connectivity index (χ4v) is 2.38. The van der Waals surface area contributed by atoms with Crippen LogP contribution in [0.25, 0.3) is 11.4 Å². The molecule has 1 aliphatic rings. The molecule has 1 aromatic heterocycles. The molecule has 0 bridgehead atoms. The van der Waals surface area contributed by atoms with Crippen LogP contribution in [0.2, 0.25) is 0 Å². The van der Waals surface area contributed by atoms with E-state index in [2.05, 4.69) is 33.8 Å². The van der Waals surface area contributed by atoms with Gasteiger partial charge in [0.1, 0.15) is 5.82 Å². The van der Waals surface area contributed by atoms with E-state index in [1.165, 1.54) is 5.56 Å². The molecule has 0 aliphatic carbocycles. The van der Waals surface area contributed by atoms with Crippen molar-refractivity contribution in [3.8, 4) is 11.4 Å². The molecule has 4 nitrogen and oxygen atoms in total. The topological polar surface area (TPSA) is 56.7 Å². The summed E-state index contributed by atoms with van der Waals surface area (Å²) in [6.07, 6.45) is 1.94. The summed E-state index contributed by atoms with van der Waals surface area (Å²) in [4.78, 5) is 0. The lowest BCUT2D eigenvalue weighted by atomic mass is 10.1. The standard InChI is InChI=1S/C13H16N4/c1-9-4-2-3-5-11(9)13-16-15-12-7-6-10(14)8-17(12)13/h2-5,10H,6-8,14H2,1H3. The molecule has 2 aromatic rings. The number of benzene rings is 1. The summed E-state index contributed by atoms with van der Waals surface area (Å²) < 4.78 is 2.16. The first-order valence-corrected chi connectivity index (χ1v) is 5.99. The Morgan fingerprint density at radius 3 is 2.94 bits per heavy atom. The molecule has 2 N–H and O–H groups in total. The Bertz CT molecular complexity index is 544.